The van der Waals surface area contributed by atoms with Crippen LogP contribution in [-0.2, 0) is 22.3 Å². The Balaban J connectivity index is 1.44. The van der Waals surface area contributed by atoms with Gasteiger partial charge in [-0.25, -0.2) is 4.98 Å². The van der Waals surface area contributed by atoms with Crippen molar-refractivity contribution in [2.45, 2.75) is 46.5 Å². The van der Waals surface area contributed by atoms with Crippen LogP contribution in [-0.4, -0.2) is 63.2 Å². The lowest BCUT2D eigenvalue weighted by atomic mass is 9.98. The van der Waals surface area contributed by atoms with Gasteiger partial charge in [0.25, 0.3) is 5.91 Å². The molecule has 0 spiro atoms. The fourth-order valence-electron chi connectivity index (χ4n) is 6.14. The zero-order valence-corrected chi connectivity index (χ0v) is 23.2. The van der Waals surface area contributed by atoms with Crippen molar-refractivity contribution in [1.82, 2.24) is 25.1 Å². The SMILES string of the molecule is Cc1cc(C(F)(F)F)nc(-c2ccnc3cc(CN4C(=O)C5[C@H](C4=O)C5(C)C)sc23)c1C(=O)N1CCNC[C@@H]1C. The third-order valence-corrected chi connectivity index (χ3v) is 9.55. The highest BCUT2D eigenvalue weighted by Gasteiger charge is 2.72. The molecule has 5 heterocycles. The van der Waals surface area contributed by atoms with Crippen molar-refractivity contribution in [3.63, 3.8) is 0 Å². The van der Waals surface area contributed by atoms with E-state index in [0.29, 0.717) is 40.3 Å². The summed E-state index contributed by atoms with van der Waals surface area (Å²) in [6.07, 6.45) is -3.24. The fourth-order valence-corrected chi connectivity index (χ4v) is 7.25. The molecule has 1 unspecified atom stereocenters. The molecule has 210 valence electrons. The minimum atomic E-state index is -4.71. The molecule has 40 heavy (non-hydrogen) atoms. The zero-order chi connectivity index (χ0) is 28.7. The Morgan fingerprint density at radius 1 is 1.20 bits per heavy atom. The minimum absolute atomic E-state index is 0.0554. The first-order valence-electron chi connectivity index (χ1n) is 13.1. The molecule has 0 radical (unpaired) electrons. The van der Waals surface area contributed by atoms with Crippen molar-refractivity contribution in [1.29, 1.82) is 0 Å². The lowest BCUT2D eigenvalue weighted by Gasteiger charge is -2.34. The second-order valence-electron chi connectivity index (χ2n) is 11.4. The van der Waals surface area contributed by atoms with Gasteiger partial charge in [-0.15, -0.1) is 11.3 Å². The van der Waals surface area contributed by atoms with Crippen LogP contribution in [0.4, 0.5) is 13.2 Å². The van der Waals surface area contributed by atoms with Gasteiger partial charge in [-0.2, -0.15) is 13.2 Å². The molecule has 1 N–H and O–H groups in total. The molecule has 3 fully saturated rings. The van der Waals surface area contributed by atoms with E-state index in [9.17, 15) is 27.6 Å². The number of thiophene rings is 1. The van der Waals surface area contributed by atoms with E-state index in [0.717, 1.165) is 6.07 Å². The normalized spacial score (nSPS) is 24.1. The van der Waals surface area contributed by atoms with Gasteiger partial charge in [0.2, 0.25) is 11.8 Å². The number of imide groups is 1. The van der Waals surface area contributed by atoms with Gasteiger partial charge in [-0.1, -0.05) is 13.8 Å². The maximum atomic E-state index is 13.9. The van der Waals surface area contributed by atoms with Gasteiger partial charge in [0.05, 0.1) is 39.9 Å². The number of piperidine rings is 1. The summed E-state index contributed by atoms with van der Waals surface area (Å²) in [5.74, 6) is -1.38. The number of carbonyl (C=O) groups is 3. The van der Waals surface area contributed by atoms with Crippen molar-refractivity contribution in [3.8, 4) is 11.3 Å². The molecule has 3 aromatic rings. The number of pyridine rings is 2. The van der Waals surface area contributed by atoms with Crippen molar-refractivity contribution < 1.29 is 27.6 Å². The van der Waals surface area contributed by atoms with Gasteiger partial charge in [0.15, 0.2) is 0 Å². The molecule has 3 aliphatic rings. The fraction of sp³-hybridized carbons (Fsp3) is 0.464. The van der Waals surface area contributed by atoms with Crippen LogP contribution in [0.2, 0.25) is 0 Å². The van der Waals surface area contributed by atoms with Gasteiger partial charge in [0.1, 0.15) is 5.69 Å². The summed E-state index contributed by atoms with van der Waals surface area (Å²) in [5.41, 5.74) is -0.307. The van der Waals surface area contributed by atoms with Crippen molar-refractivity contribution in [3.05, 3.63) is 46.1 Å². The predicted molar refractivity (Wildman–Crippen MR) is 142 cm³/mol. The minimum Gasteiger partial charge on any atom is -0.333 e. The summed E-state index contributed by atoms with van der Waals surface area (Å²) in [4.78, 5) is 51.5. The van der Waals surface area contributed by atoms with Gasteiger partial charge < -0.3 is 10.2 Å². The first-order valence-corrected chi connectivity index (χ1v) is 14.0. The Kier molecular flexibility index (Phi) is 6.08. The molecule has 2 saturated heterocycles. The lowest BCUT2D eigenvalue weighted by Crippen LogP contribution is -2.52. The molecular weight excluding hydrogens is 543 g/mol. The van der Waals surface area contributed by atoms with Gasteiger partial charge in [-0.05, 0) is 43.0 Å². The van der Waals surface area contributed by atoms with Crippen LogP contribution in [0.5, 0.6) is 0 Å². The van der Waals surface area contributed by atoms with Crippen LogP contribution in [0, 0.1) is 24.2 Å². The van der Waals surface area contributed by atoms with Crippen molar-refractivity contribution in [2.75, 3.05) is 19.6 Å². The number of rotatable bonds is 4. The molecule has 6 rings (SSSR count). The van der Waals surface area contributed by atoms with E-state index >= 15 is 0 Å². The molecule has 3 amide bonds. The summed E-state index contributed by atoms with van der Waals surface area (Å²) in [6, 6.07) is 4.07. The Morgan fingerprint density at radius 2 is 1.90 bits per heavy atom. The average Bonchev–Trinajstić information content (AvgIpc) is 3.13. The van der Waals surface area contributed by atoms with E-state index < -0.39 is 11.9 Å². The number of nitrogens with zero attached hydrogens (tertiary/aromatic N) is 4. The molecule has 1 saturated carbocycles. The zero-order valence-electron chi connectivity index (χ0n) is 22.4. The van der Waals surface area contributed by atoms with Gasteiger partial charge >= 0.3 is 6.18 Å². The number of hydrogen-bond donors (Lipinski definition) is 1. The van der Waals surface area contributed by atoms with E-state index in [1.807, 2.05) is 20.8 Å². The number of likely N-dealkylation sites (tertiary alicyclic amines) is 1. The molecule has 0 aromatic carbocycles. The molecule has 3 atom stereocenters. The summed E-state index contributed by atoms with van der Waals surface area (Å²) >= 11 is 1.24. The number of aromatic nitrogens is 2. The third kappa shape index (κ3) is 4.11. The lowest BCUT2D eigenvalue weighted by molar-refractivity contribution is -0.144. The number of fused-ring (bicyclic) bond motifs is 2. The third-order valence-electron chi connectivity index (χ3n) is 8.41. The average molecular weight is 572 g/mol. The number of alkyl halides is 3. The molecular formula is C28H28F3N5O3S. The standard InChI is InChI=1S/C28H28F3N5O3S/c1-13-9-18(28(29,30)31)34-22(19(13)24(37)35-8-7-32-11-14(35)2)16-5-6-33-17-10-15(40-23(16)17)12-36-25(38)20-21(26(36)39)27(20,3)4/h5-6,9-10,14,20-21,32H,7-8,11-12H2,1-4H3/t14-,20+,21?/m0/s1. The maximum absolute atomic E-state index is 13.9. The van der Waals surface area contributed by atoms with Gasteiger partial charge in [-0.3, -0.25) is 24.3 Å². The van der Waals surface area contributed by atoms with E-state index in [1.165, 1.54) is 29.4 Å². The predicted octanol–water partition coefficient (Wildman–Crippen LogP) is 4.26. The van der Waals surface area contributed by atoms with Crippen LogP contribution in [0.15, 0.2) is 24.4 Å². The topological polar surface area (TPSA) is 95.5 Å². The number of hydrogen-bond acceptors (Lipinski definition) is 7. The summed E-state index contributed by atoms with van der Waals surface area (Å²) in [6.45, 7) is 8.86. The van der Waals surface area contributed by atoms with Crippen LogP contribution in [0.25, 0.3) is 21.5 Å². The smallest absolute Gasteiger partial charge is 0.333 e. The maximum Gasteiger partial charge on any atom is 0.433 e. The summed E-state index contributed by atoms with van der Waals surface area (Å²) in [7, 11) is 0. The number of halogens is 3. The first kappa shape index (κ1) is 26.8. The molecule has 12 heteroatoms. The van der Waals surface area contributed by atoms with Crippen LogP contribution in [0.1, 0.15) is 47.3 Å². The quantitative estimate of drug-likeness (QED) is 0.471. The number of amides is 3. The van der Waals surface area contributed by atoms with Crippen LogP contribution in [0.3, 0.4) is 0 Å². The summed E-state index contributed by atoms with van der Waals surface area (Å²) in [5, 5.41) is 3.22. The van der Waals surface area contributed by atoms with E-state index in [-0.39, 0.29) is 64.4 Å². The molecule has 1 aliphatic carbocycles. The van der Waals surface area contributed by atoms with Gasteiger partial charge in [0, 0.05) is 42.3 Å². The second-order valence-corrected chi connectivity index (χ2v) is 12.6. The Hall–Kier alpha value is -3.38. The van der Waals surface area contributed by atoms with E-state index in [1.54, 1.807) is 17.0 Å². The largest absolute Gasteiger partial charge is 0.433 e. The Labute approximate surface area is 232 Å². The number of carbonyl (C=O) groups excluding carboxylic acids is 3. The van der Waals surface area contributed by atoms with Crippen molar-refractivity contribution >= 4 is 39.3 Å². The van der Waals surface area contributed by atoms with Crippen LogP contribution < -0.4 is 5.32 Å². The number of piperazine rings is 1. The highest BCUT2D eigenvalue weighted by Crippen LogP contribution is 2.63. The highest BCUT2D eigenvalue weighted by molar-refractivity contribution is 7.19. The molecule has 3 aromatic heterocycles. The number of nitrogens with one attached hydrogen (secondary N) is 1. The molecule has 2 aliphatic heterocycles. The Morgan fingerprint density at radius 3 is 2.55 bits per heavy atom. The molecule has 8 nitrogen and oxygen atoms in total. The summed E-state index contributed by atoms with van der Waals surface area (Å²) < 4.78 is 42.2. The van der Waals surface area contributed by atoms with E-state index in [2.05, 4.69) is 15.3 Å². The first-order chi connectivity index (χ1) is 18.8. The van der Waals surface area contributed by atoms with E-state index in [4.69, 9.17) is 0 Å². The van der Waals surface area contributed by atoms with Crippen molar-refractivity contribution in [2.24, 2.45) is 17.3 Å². The molecule has 0 bridgehead atoms. The Bertz CT molecular complexity index is 1560. The monoisotopic (exact) mass is 571 g/mol. The highest BCUT2D eigenvalue weighted by atomic mass is 32.1. The second kappa shape index (κ2) is 9.07. The number of aryl methyl sites for hydroxylation is 1. The van der Waals surface area contributed by atoms with Crippen LogP contribution >= 0.6 is 11.3 Å².